The Morgan fingerprint density at radius 1 is 1.40 bits per heavy atom. The fraction of sp³-hybridized carbons (Fsp3) is 0.316. The SMILES string of the molecule is C=C(/N=C1/CCN(Cc2ccc3scnc3c2)CCC1=C)NC(C)=O. The van der Waals surface area contributed by atoms with Gasteiger partial charge in [0.15, 0.2) is 0 Å². The maximum absolute atomic E-state index is 11.1. The van der Waals surface area contributed by atoms with Crippen molar-refractivity contribution < 1.29 is 4.79 Å². The summed E-state index contributed by atoms with van der Waals surface area (Å²) in [6.07, 6.45) is 1.67. The summed E-state index contributed by atoms with van der Waals surface area (Å²) >= 11 is 1.67. The van der Waals surface area contributed by atoms with Crippen LogP contribution in [-0.2, 0) is 11.3 Å². The molecule has 1 N–H and O–H groups in total. The summed E-state index contributed by atoms with van der Waals surface area (Å²) in [5.41, 5.74) is 6.16. The number of likely N-dealkylation sites (tertiary alicyclic amines) is 1. The van der Waals surface area contributed by atoms with E-state index in [0.717, 1.165) is 49.3 Å². The number of benzene rings is 1. The average Bonchev–Trinajstić information content (AvgIpc) is 2.95. The van der Waals surface area contributed by atoms with Crippen molar-refractivity contribution >= 4 is 33.2 Å². The minimum absolute atomic E-state index is 0.160. The molecule has 0 spiro atoms. The van der Waals surface area contributed by atoms with Crippen molar-refractivity contribution in [1.29, 1.82) is 0 Å². The van der Waals surface area contributed by atoms with Crippen molar-refractivity contribution in [3.8, 4) is 0 Å². The van der Waals surface area contributed by atoms with Crippen LogP contribution in [0.5, 0.6) is 0 Å². The van der Waals surface area contributed by atoms with Crippen LogP contribution in [-0.4, -0.2) is 34.6 Å². The van der Waals surface area contributed by atoms with Gasteiger partial charge in [-0.05, 0) is 29.7 Å². The number of hydrogen-bond acceptors (Lipinski definition) is 5. The van der Waals surface area contributed by atoms with Crippen LogP contribution < -0.4 is 5.32 Å². The van der Waals surface area contributed by atoms with Gasteiger partial charge in [0.05, 0.1) is 15.7 Å². The van der Waals surface area contributed by atoms with E-state index in [9.17, 15) is 4.79 Å². The van der Waals surface area contributed by atoms with E-state index in [-0.39, 0.29) is 5.91 Å². The number of carbonyl (C=O) groups excluding carboxylic acids is 1. The molecule has 1 aromatic carbocycles. The fourth-order valence-corrected chi connectivity index (χ4v) is 3.60. The van der Waals surface area contributed by atoms with E-state index in [1.165, 1.54) is 17.2 Å². The second-order valence-electron chi connectivity index (χ2n) is 6.22. The van der Waals surface area contributed by atoms with Crippen molar-refractivity contribution in [2.75, 3.05) is 13.1 Å². The summed E-state index contributed by atoms with van der Waals surface area (Å²) in [6, 6.07) is 6.48. The molecule has 0 unspecified atom stereocenters. The minimum Gasteiger partial charge on any atom is -0.311 e. The number of amides is 1. The zero-order chi connectivity index (χ0) is 17.8. The number of nitrogens with one attached hydrogen (secondary N) is 1. The molecule has 0 saturated carbocycles. The number of hydrogen-bond donors (Lipinski definition) is 1. The normalized spacial score (nSPS) is 17.6. The van der Waals surface area contributed by atoms with E-state index >= 15 is 0 Å². The summed E-state index contributed by atoms with van der Waals surface area (Å²) in [6.45, 7) is 12.1. The zero-order valence-electron chi connectivity index (χ0n) is 14.4. The molecule has 1 fully saturated rings. The Kier molecular flexibility index (Phi) is 5.40. The van der Waals surface area contributed by atoms with Crippen molar-refractivity contribution in [1.82, 2.24) is 15.2 Å². The van der Waals surface area contributed by atoms with E-state index in [1.807, 2.05) is 5.51 Å². The molecule has 0 atom stereocenters. The first-order valence-corrected chi connectivity index (χ1v) is 9.16. The third kappa shape index (κ3) is 4.61. The van der Waals surface area contributed by atoms with E-state index < -0.39 is 0 Å². The first kappa shape index (κ1) is 17.5. The molecule has 2 aromatic rings. The molecule has 5 nitrogen and oxygen atoms in total. The van der Waals surface area contributed by atoms with Gasteiger partial charge in [0.1, 0.15) is 5.82 Å². The van der Waals surface area contributed by atoms with Gasteiger partial charge in [-0.25, -0.2) is 9.98 Å². The fourth-order valence-electron chi connectivity index (χ4n) is 2.94. The van der Waals surface area contributed by atoms with E-state index in [2.05, 4.69) is 51.6 Å². The highest BCUT2D eigenvalue weighted by molar-refractivity contribution is 7.16. The highest BCUT2D eigenvalue weighted by atomic mass is 32.1. The van der Waals surface area contributed by atoms with Gasteiger partial charge >= 0.3 is 0 Å². The summed E-state index contributed by atoms with van der Waals surface area (Å²) in [5, 5.41) is 2.61. The van der Waals surface area contributed by atoms with Crippen LogP contribution in [0.2, 0.25) is 0 Å². The van der Waals surface area contributed by atoms with Crippen LogP contribution in [0.4, 0.5) is 0 Å². The molecule has 25 heavy (non-hydrogen) atoms. The number of thiazole rings is 1. The van der Waals surface area contributed by atoms with Crippen LogP contribution in [0.3, 0.4) is 0 Å². The van der Waals surface area contributed by atoms with Gasteiger partial charge in [0.25, 0.3) is 0 Å². The van der Waals surface area contributed by atoms with Gasteiger partial charge in [-0.2, -0.15) is 0 Å². The topological polar surface area (TPSA) is 57.6 Å². The van der Waals surface area contributed by atoms with Crippen LogP contribution in [0.15, 0.2) is 53.3 Å². The molecule has 1 aliphatic heterocycles. The molecule has 1 aromatic heterocycles. The highest BCUT2D eigenvalue weighted by Crippen LogP contribution is 2.21. The Hall–Kier alpha value is -2.31. The zero-order valence-corrected chi connectivity index (χ0v) is 15.2. The standard InChI is InChI=1S/C19H22N4OS/c1-13-6-8-23(9-7-17(13)22-14(2)21-15(3)24)11-16-4-5-19-18(10-16)20-12-25-19/h4-5,10,12H,1-2,6-9,11H2,3H3,(H,21,24)/b22-17-. The molecule has 0 aliphatic carbocycles. The largest absolute Gasteiger partial charge is 0.311 e. The van der Waals surface area contributed by atoms with Crippen LogP contribution in [0, 0.1) is 0 Å². The second-order valence-corrected chi connectivity index (χ2v) is 7.11. The lowest BCUT2D eigenvalue weighted by Crippen LogP contribution is -2.24. The Balaban J connectivity index is 1.65. The number of nitrogens with zero attached hydrogens (tertiary/aromatic N) is 3. The molecule has 0 radical (unpaired) electrons. The Labute approximate surface area is 151 Å². The average molecular weight is 354 g/mol. The number of fused-ring (bicyclic) bond motifs is 1. The van der Waals surface area contributed by atoms with Gasteiger partial charge in [0, 0.05) is 38.7 Å². The molecule has 3 rings (SSSR count). The number of aliphatic imine (C=N–C) groups is 1. The van der Waals surface area contributed by atoms with Crippen LogP contribution in [0.25, 0.3) is 10.2 Å². The van der Waals surface area contributed by atoms with E-state index in [4.69, 9.17) is 0 Å². The molecule has 1 aliphatic rings. The lowest BCUT2D eigenvalue weighted by atomic mass is 10.1. The van der Waals surface area contributed by atoms with Crippen LogP contribution in [0.1, 0.15) is 25.3 Å². The first-order valence-electron chi connectivity index (χ1n) is 8.28. The van der Waals surface area contributed by atoms with Crippen LogP contribution >= 0.6 is 11.3 Å². The summed E-state index contributed by atoms with van der Waals surface area (Å²) < 4.78 is 1.22. The summed E-state index contributed by atoms with van der Waals surface area (Å²) in [7, 11) is 0. The summed E-state index contributed by atoms with van der Waals surface area (Å²) in [4.78, 5) is 22.3. The predicted molar refractivity (Wildman–Crippen MR) is 104 cm³/mol. The number of rotatable bonds is 4. The molecular weight excluding hydrogens is 332 g/mol. The lowest BCUT2D eigenvalue weighted by Gasteiger charge is -2.19. The smallest absolute Gasteiger partial charge is 0.222 e. The third-order valence-corrected chi connectivity index (χ3v) is 5.00. The Bertz CT molecular complexity index is 852. The first-order chi connectivity index (χ1) is 12.0. The van der Waals surface area contributed by atoms with Crippen molar-refractivity contribution in [2.24, 2.45) is 4.99 Å². The number of carbonyl (C=O) groups is 1. The van der Waals surface area contributed by atoms with E-state index in [1.54, 1.807) is 11.3 Å². The third-order valence-electron chi connectivity index (χ3n) is 4.19. The van der Waals surface area contributed by atoms with Gasteiger partial charge in [-0.15, -0.1) is 11.3 Å². The molecule has 0 bridgehead atoms. The minimum atomic E-state index is -0.160. The van der Waals surface area contributed by atoms with Gasteiger partial charge in [-0.1, -0.05) is 19.2 Å². The van der Waals surface area contributed by atoms with Crippen molar-refractivity contribution in [3.05, 3.63) is 53.8 Å². The molecule has 2 heterocycles. The monoisotopic (exact) mass is 354 g/mol. The Morgan fingerprint density at radius 2 is 2.20 bits per heavy atom. The number of aromatic nitrogens is 1. The quantitative estimate of drug-likeness (QED) is 0.914. The molecule has 130 valence electrons. The Morgan fingerprint density at radius 3 is 3.00 bits per heavy atom. The van der Waals surface area contributed by atoms with Crippen molar-refractivity contribution in [2.45, 2.75) is 26.3 Å². The molecule has 1 saturated heterocycles. The lowest BCUT2D eigenvalue weighted by molar-refractivity contribution is -0.118. The van der Waals surface area contributed by atoms with E-state index in [0.29, 0.717) is 5.82 Å². The van der Waals surface area contributed by atoms with Gasteiger partial charge in [-0.3, -0.25) is 9.69 Å². The second kappa shape index (κ2) is 7.72. The van der Waals surface area contributed by atoms with Gasteiger partial charge < -0.3 is 5.32 Å². The molecular formula is C19H22N4OS. The molecule has 1 amide bonds. The molecule has 6 heteroatoms. The highest BCUT2D eigenvalue weighted by Gasteiger charge is 2.17. The van der Waals surface area contributed by atoms with Gasteiger partial charge in [0.2, 0.25) is 5.91 Å². The maximum atomic E-state index is 11.1. The predicted octanol–water partition coefficient (Wildman–Crippen LogP) is 3.50. The summed E-state index contributed by atoms with van der Waals surface area (Å²) in [5.74, 6) is 0.221. The van der Waals surface area contributed by atoms with Crippen molar-refractivity contribution in [3.63, 3.8) is 0 Å². The maximum Gasteiger partial charge on any atom is 0.222 e.